The summed E-state index contributed by atoms with van der Waals surface area (Å²) in [6, 6.07) is 8.65. The molecule has 1 heterocycles. The van der Waals surface area contributed by atoms with Gasteiger partial charge in [-0.05, 0) is 42.0 Å². The summed E-state index contributed by atoms with van der Waals surface area (Å²) in [6.45, 7) is 0. The molecule has 0 aliphatic rings. The first kappa shape index (κ1) is 19.0. The van der Waals surface area contributed by atoms with Crippen LogP contribution in [0.3, 0.4) is 0 Å². The number of carbonyl (C=O) groups excluding carboxylic acids is 1. The zero-order valence-corrected chi connectivity index (χ0v) is 16.2. The van der Waals surface area contributed by atoms with Crippen LogP contribution in [0.2, 0.25) is 15.1 Å². The summed E-state index contributed by atoms with van der Waals surface area (Å²) in [5, 5.41) is 9.97. The van der Waals surface area contributed by atoms with Crippen molar-refractivity contribution < 1.29 is 19.0 Å². The number of ether oxygens (including phenoxy) is 1. The Hall–Kier alpha value is -1.79. The first-order valence-electron chi connectivity index (χ1n) is 7.18. The molecule has 1 aromatic heterocycles. The van der Waals surface area contributed by atoms with Crippen molar-refractivity contribution >= 4 is 51.9 Å². The summed E-state index contributed by atoms with van der Waals surface area (Å²) in [5.41, 5.74) is 0.318. The molecule has 2 aromatic carbocycles. The van der Waals surface area contributed by atoms with Gasteiger partial charge in [-0.15, -0.1) is 11.3 Å². The number of hydrogen-bond acceptors (Lipinski definition) is 4. The van der Waals surface area contributed by atoms with Gasteiger partial charge in [0.1, 0.15) is 11.6 Å². The number of ketones is 1. The van der Waals surface area contributed by atoms with Gasteiger partial charge in [-0.25, -0.2) is 4.39 Å². The Morgan fingerprint density at radius 3 is 2.38 bits per heavy atom. The van der Waals surface area contributed by atoms with Gasteiger partial charge in [-0.3, -0.25) is 4.79 Å². The maximum Gasteiger partial charge on any atom is 0.207 e. The van der Waals surface area contributed by atoms with Crippen LogP contribution >= 0.6 is 46.1 Å². The minimum Gasteiger partial charge on any atom is -0.506 e. The van der Waals surface area contributed by atoms with Gasteiger partial charge in [0.2, 0.25) is 5.78 Å². The van der Waals surface area contributed by atoms with Crippen LogP contribution in [0.4, 0.5) is 4.39 Å². The van der Waals surface area contributed by atoms with Gasteiger partial charge in [0.15, 0.2) is 5.75 Å². The van der Waals surface area contributed by atoms with Gasteiger partial charge < -0.3 is 9.84 Å². The zero-order chi connectivity index (χ0) is 19.0. The van der Waals surface area contributed by atoms with Gasteiger partial charge in [-0.1, -0.05) is 34.8 Å². The molecule has 0 aliphatic carbocycles. The van der Waals surface area contributed by atoms with Crippen LogP contribution in [-0.2, 0) is 0 Å². The highest BCUT2D eigenvalue weighted by atomic mass is 35.5. The van der Waals surface area contributed by atoms with E-state index in [0.717, 1.165) is 23.5 Å². The molecule has 0 unspecified atom stereocenters. The summed E-state index contributed by atoms with van der Waals surface area (Å²) in [4.78, 5) is 13.6. The summed E-state index contributed by atoms with van der Waals surface area (Å²) >= 11 is 19.3. The number of methoxy groups -OCH3 is 1. The number of aromatic hydroxyl groups is 1. The second-order valence-corrected chi connectivity index (χ2v) is 7.50. The van der Waals surface area contributed by atoms with Gasteiger partial charge in [0.05, 0.1) is 32.6 Å². The lowest BCUT2D eigenvalue weighted by molar-refractivity contribution is 0.103. The van der Waals surface area contributed by atoms with E-state index in [9.17, 15) is 14.3 Å². The predicted octanol–water partition coefficient (Wildman–Crippen LogP) is 6.46. The van der Waals surface area contributed by atoms with Gasteiger partial charge >= 0.3 is 0 Å². The Balaban J connectivity index is 2.01. The molecule has 0 aliphatic heterocycles. The maximum atomic E-state index is 14.0. The average molecular weight is 432 g/mol. The van der Waals surface area contributed by atoms with Crippen molar-refractivity contribution in [3.05, 3.63) is 67.7 Å². The Morgan fingerprint density at radius 2 is 1.77 bits per heavy atom. The third-order valence-electron chi connectivity index (χ3n) is 3.61. The van der Waals surface area contributed by atoms with Crippen molar-refractivity contribution in [2.45, 2.75) is 0 Å². The molecule has 134 valence electrons. The Labute approximate surface area is 167 Å². The average Bonchev–Trinajstić information content (AvgIpc) is 3.08. The van der Waals surface area contributed by atoms with Crippen molar-refractivity contribution in [3.63, 3.8) is 0 Å². The molecule has 0 saturated heterocycles. The fraction of sp³-hybridized carbons (Fsp3) is 0.0556. The molecule has 0 bridgehead atoms. The largest absolute Gasteiger partial charge is 0.506 e. The van der Waals surface area contributed by atoms with E-state index in [1.165, 1.54) is 7.11 Å². The van der Waals surface area contributed by atoms with Crippen molar-refractivity contribution in [2.75, 3.05) is 7.11 Å². The van der Waals surface area contributed by atoms with E-state index in [0.29, 0.717) is 26.2 Å². The van der Waals surface area contributed by atoms with Crippen molar-refractivity contribution in [3.8, 4) is 21.9 Å². The number of hydrogen-bond donors (Lipinski definition) is 1. The molecule has 0 amide bonds. The predicted molar refractivity (Wildman–Crippen MR) is 103 cm³/mol. The quantitative estimate of drug-likeness (QED) is 0.482. The maximum absolute atomic E-state index is 14.0. The number of thiophene rings is 1. The van der Waals surface area contributed by atoms with Crippen LogP contribution < -0.4 is 4.74 Å². The summed E-state index contributed by atoms with van der Waals surface area (Å²) < 4.78 is 19.1. The van der Waals surface area contributed by atoms with Crippen molar-refractivity contribution in [1.82, 2.24) is 0 Å². The lowest BCUT2D eigenvalue weighted by Gasteiger charge is -2.07. The molecule has 3 rings (SSSR count). The molecule has 0 spiro atoms. The van der Waals surface area contributed by atoms with Crippen LogP contribution in [-0.4, -0.2) is 18.0 Å². The van der Waals surface area contributed by atoms with Gasteiger partial charge in [-0.2, -0.15) is 0 Å². The zero-order valence-electron chi connectivity index (χ0n) is 13.1. The Kier molecular flexibility index (Phi) is 5.44. The molecular weight excluding hydrogens is 422 g/mol. The van der Waals surface area contributed by atoms with Gasteiger partial charge in [0.25, 0.3) is 0 Å². The molecule has 0 fully saturated rings. The molecular formula is C18H10Cl3FO3S. The van der Waals surface area contributed by atoms with E-state index in [-0.39, 0.29) is 21.2 Å². The summed E-state index contributed by atoms with van der Waals surface area (Å²) in [7, 11) is 1.46. The lowest BCUT2D eigenvalue weighted by atomic mass is 10.1. The van der Waals surface area contributed by atoms with Crippen LogP contribution in [0.5, 0.6) is 11.5 Å². The van der Waals surface area contributed by atoms with Crippen LogP contribution in [0, 0.1) is 5.82 Å². The molecule has 26 heavy (non-hydrogen) atoms. The van der Waals surface area contributed by atoms with E-state index >= 15 is 0 Å². The lowest BCUT2D eigenvalue weighted by Crippen LogP contribution is -2.03. The molecule has 8 heteroatoms. The minimum atomic E-state index is -0.803. The van der Waals surface area contributed by atoms with Crippen molar-refractivity contribution in [2.24, 2.45) is 0 Å². The SMILES string of the molecule is COc1c(Cl)cc(-c2ccc(C(=O)c3c(F)ccc(O)c3Cl)s2)cc1Cl. The first-order valence-corrected chi connectivity index (χ1v) is 9.13. The Morgan fingerprint density at radius 1 is 1.12 bits per heavy atom. The minimum absolute atomic E-state index is 0.259. The molecule has 0 saturated carbocycles. The van der Waals surface area contributed by atoms with E-state index < -0.39 is 11.6 Å². The summed E-state index contributed by atoms with van der Waals surface area (Å²) in [6.07, 6.45) is 0. The summed E-state index contributed by atoms with van der Waals surface area (Å²) in [5.74, 6) is -1.42. The van der Waals surface area contributed by atoms with E-state index in [1.807, 2.05) is 0 Å². The second kappa shape index (κ2) is 7.45. The first-order chi connectivity index (χ1) is 12.3. The van der Waals surface area contributed by atoms with Crippen LogP contribution in [0.15, 0.2) is 36.4 Å². The molecule has 0 radical (unpaired) electrons. The number of phenolic OH excluding ortho intramolecular Hbond substituents is 1. The third kappa shape index (κ3) is 3.40. The highest BCUT2D eigenvalue weighted by Gasteiger charge is 2.22. The topological polar surface area (TPSA) is 46.5 Å². The smallest absolute Gasteiger partial charge is 0.207 e. The number of rotatable bonds is 4. The second-order valence-electron chi connectivity index (χ2n) is 5.22. The standard InChI is InChI=1S/C18H10Cl3FO3S/c1-25-18-9(19)6-8(7-10(18)20)13-4-5-14(26-13)17(24)15-11(22)2-3-12(23)16(15)21/h2-7,23H,1H3. The van der Waals surface area contributed by atoms with Crippen LogP contribution in [0.25, 0.3) is 10.4 Å². The van der Waals surface area contributed by atoms with Gasteiger partial charge in [0, 0.05) is 4.88 Å². The monoisotopic (exact) mass is 430 g/mol. The number of carbonyl (C=O) groups is 1. The number of benzene rings is 2. The number of halogens is 4. The van der Waals surface area contributed by atoms with E-state index in [2.05, 4.69) is 0 Å². The van der Waals surface area contributed by atoms with Crippen molar-refractivity contribution in [1.29, 1.82) is 0 Å². The fourth-order valence-electron chi connectivity index (χ4n) is 2.39. The normalized spacial score (nSPS) is 10.8. The van der Waals surface area contributed by atoms with Crippen LogP contribution in [0.1, 0.15) is 15.2 Å². The Bertz CT molecular complexity index is 994. The molecule has 0 atom stereocenters. The molecule has 3 aromatic rings. The third-order valence-corrected chi connectivity index (χ3v) is 5.69. The molecule has 3 nitrogen and oxygen atoms in total. The number of phenols is 1. The van der Waals surface area contributed by atoms with E-state index in [4.69, 9.17) is 39.5 Å². The highest BCUT2D eigenvalue weighted by Crippen LogP contribution is 2.40. The molecule has 1 N–H and O–H groups in total. The highest BCUT2D eigenvalue weighted by molar-refractivity contribution is 7.17. The fourth-order valence-corrected chi connectivity index (χ4v) is 4.21. The van der Waals surface area contributed by atoms with E-state index in [1.54, 1.807) is 24.3 Å².